The predicted octanol–water partition coefficient (Wildman–Crippen LogP) is 0.250. The summed E-state index contributed by atoms with van der Waals surface area (Å²) in [5, 5.41) is 2.68. The number of benzene rings is 1. The molecule has 4 rings (SSSR count). The molecule has 1 aromatic heterocycles. The SMILES string of the molecule is COc1ccc(COC(=O)N2C(=O)CCC2C(=O)N[C@@H](Cc2cnc[nH]2)C(=O)N2CCC[C@H]2C(N)=O)cc1. The molecule has 0 bridgehead atoms. The number of hydrogen-bond acceptors (Lipinski definition) is 8. The lowest BCUT2D eigenvalue weighted by Gasteiger charge is -2.29. The summed E-state index contributed by atoms with van der Waals surface area (Å²) in [6.45, 7) is 0.221. The first-order chi connectivity index (χ1) is 18.3. The normalized spacial score (nSPS) is 19.8. The molecule has 0 radical (unpaired) electrons. The van der Waals surface area contributed by atoms with Crippen molar-refractivity contribution in [3.05, 3.63) is 48.0 Å². The van der Waals surface area contributed by atoms with E-state index in [2.05, 4.69) is 15.3 Å². The number of nitrogens with zero attached hydrogens (tertiary/aromatic N) is 3. The van der Waals surface area contributed by atoms with Gasteiger partial charge in [0.2, 0.25) is 23.6 Å². The van der Waals surface area contributed by atoms with Gasteiger partial charge in [0.15, 0.2) is 0 Å². The third kappa shape index (κ3) is 5.93. The van der Waals surface area contributed by atoms with Crippen LogP contribution in [0.25, 0.3) is 0 Å². The molecular formula is C25H30N6O7. The van der Waals surface area contributed by atoms with Crippen LogP contribution in [-0.4, -0.2) is 81.3 Å². The molecule has 0 saturated carbocycles. The molecule has 1 aromatic carbocycles. The molecule has 38 heavy (non-hydrogen) atoms. The molecule has 0 aliphatic carbocycles. The monoisotopic (exact) mass is 526 g/mol. The number of H-pyrrole nitrogens is 1. The van der Waals surface area contributed by atoms with Crippen LogP contribution >= 0.6 is 0 Å². The van der Waals surface area contributed by atoms with E-state index in [0.29, 0.717) is 36.4 Å². The van der Waals surface area contributed by atoms with Crippen LogP contribution in [0.1, 0.15) is 36.9 Å². The smallest absolute Gasteiger partial charge is 0.417 e. The molecule has 2 aliphatic heterocycles. The number of carbonyl (C=O) groups is 5. The topological polar surface area (TPSA) is 177 Å². The number of aromatic nitrogens is 2. The maximum atomic E-state index is 13.4. The zero-order valence-corrected chi connectivity index (χ0v) is 20.9. The molecule has 1 unspecified atom stereocenters. The van der Waals surface area contributed by atoms with Crippen molar-refractivity contribution in [2.75, 3.05) is 13.7 Å². The standard InChI is InChI=1S/C25H30N6O7/c1-37-17-6-4-15(5-7-17)13-38-25(36)31-20(8-9-21(31)32)23(34)29-18(11-16-12-27-14-28-16)24(35)30-10-2-3-19(30)22(26)33/h4-7,12,14,18-20H,2-3,8-11,13H2,1H3,(H2,26,33)(H,27,28)(H,29,34)/t18-,19-,20?/m0/s1. The Kier molecular flexibility index (Phi) is 8.24. The van der Waals surface area contributed by atoms with Crippen LogP contribution in [-0.2, 0) is 36.9 Å². The number of carbonyl (C=O) groups excluding carboxylic acids is 5. The third-order valence-corrected chi connectivity index (χ3v) is 6.69. The van der Waals surface area contributed by atoms with Crippen LogP contribution in [0, 0.1) is 0 Å². The average molecular weight is 527 g/mol. The van der Waals surface area contributed by atoms with Crippen LogP contribution in [0.5, 0.6) is 5.75 Å². The van der Waals surface area contributed by atoms with E-state index in [1.807, 2.05) is 0 Å². The van der Waals surface area contributed by atoms with Gasteiger partial charge in [0, 0.05) is 31.3 Å². The van der Waals surface area contributed by atoms with Gasteiger partial charge in [-0.1, -0.05) is 12.1 Å². The number of primary amides is 1. The average Bonchev–Trinajstić information content (AvgIpc) is 3.68. The van der Waals surface area contributed by atoms with Crippen LogP contribution in [0.4, 0.5) is 4.79 Å². The summed E-state index contributed by atoms with van der Waals surface area (Å²) in [4.78, 5) is 72.9. The highest BCUT2D eigenvalue weighted by Crippen LogP contribution is 2.23. The number of nitrogens with two attached hydrogens (primary N) is 1. The van der Waals surface area contributed by atoms with E-state index in [0.717, 1.165) is 4.90 Å². The van der Waals surface area contributed by atoms with Gasteiger partial charge in [-0.2, -0.15) is 0 Å². The molecule has 2 aromatic rings. The van der Waals surface area contributed by atoms with Gasteiger partial charge in [-0.15, -0.1) is 0 Å². The lowest BCUT2D eigenvalue weighted by molar-refractivity contribution is -0.141. The van der Waals surface area contributed by atoms with E-state index in [4.69, 9.17) is 15.2 Å². The van der Waals surface area contributed by atoms with E-state index in [-0.39, 0.29) is 25.9 Å². The number of imidazole rings is 1. The highest BCUT2D eigenvalue weighted by molar-refractivity contribution is 6.01. The van der Waals surface area contributed by atoms with E-state index in [1.54, 1.807) is 24.3 Å². The number of imide groups is 1. The summed E-state index contributed by atoms with van der Waals surface area (Å²) in [7, 11) is 1.54. The number of hydrogen-bond donors (Lipinski definition) is 3. The molecule has 13 heteroatoms. The van der Waals surface area contributed by atoms with Crippen molar-refractivity contribution >= 4 is 29.7 Å². The molecular weight excluding hydrogens is 496 g/mol. The summed E-state index contributed by atoms with van der Waals surface area (Å²) in [6, 6.07) is 3.86. The predicted molar refractivity (Wildman–Crippen MR) is 131 cm³/mol. The van der Waals surface area contributed by atoms with E-state index >= 15 is 0 Å². The van der Waals surface area contributed by atoms with Crippen molar-refractivity contribution in [3.63, 3.8) is 0 Å². The molecule has 3 heterocycles. The largest absolute Gasteiger partial charge is 0.497 e. The fourth-order valence-electron chi connectivity index (χ4n) is 4.71. The highest BCUT2D eigenvalue weighted by atomic mass is 16.6. The number of nitrogens with one attached hydrogen (secondary N) is 2. The molecule has 4 N–H and O–H groups in total. The van der Waals surface area contributed by atoms with Gasteiger partial charge < -0.3 is 30.4 Å². The molecule has 2 aliphatic rings. The third-order valence-electron chi connectivity index (χ3n) is 6.69. The van der Waals surface area contributed by atoms with Gasteiger partial charge in [0.05, 0.1) is 13.4 Å². The van der Waals surface area contributed by atoms with Gasteiger partial charge in [-0.05, 0) is 37.0 Å². The van der Waals surface area contributed by atoms with E-state index in [9.17, 15) is 24.0 Å². The quantitative estimate of drug-likeness (QED) is 0.416. The van der Waals surface area contributed by atoms with Gasteiger partial charge in [-0.25, -0.2) is 14.7 Å². The molecule has 13 nitrogen and oxygen atoms in total. The van der Waals surface area contributed by atoms with Crippen LogP contribution in [0.2, 0.25) is 0 Å². The van der Waals surface area contributed by atoms with E-state index < -0.39 is 47.8 Å². The summed E-state index contributed by atoms with van der Waals surface area (Å²) in [5.41, 5.74) is 6.73. The highest BCUT2D eigenvalue weighted by Gasteiger charge is 2.43. The summed E-state index contributed by atoms with van der Waals surface area (Å²) < 4.78 is 10.4. The second-order valence-electron chi connectivity index (χ2n) is 9.16. The maximum absolute atomic E-state index is 13.4. The summed E-state index contributed by atoms with van der Waals surface area (Å²) in [6.07, 6.45) is 3.18. The van der Waals surface area contributed by atoms with Crippen molar-refractivity contribution in [2.45, 2.75) is 56.8 Å². The molecule has 202 valence electrons. The number of amides is 5. The van der Waals surface area contributed by atoms with Crippen molar-refractivity contribution in [3.8, 4) is 5.75 Å². The fraction of sp³-hybridized carbons (Fsp3) is 0.440. The Morgan fingerprint density at radius 2 is 1.95 bits per heavy atom. The first-order valence-corrected chi connectivity index (χ1v) is 12.3. The van der Waals surface area contributed by atoms with Crippen molar-refractivity contribution in [1.82, 2.24) is 25.1 Å². The Labute approximate surface area is 218 Å². The minimum absolute atomic E-state index is 0.0231. The van der Waals surface area contributed by atoms with Gasteiger partial charge >= 0.3 is 6.09 Å². The summed E-state index contributed by atoms with van der Waals surface area (Å²) >= 11 is 0. The van der Waals surface area contributed by atoms with Gasteiger partial charge in [-0.3, -0.25) is 19.2 Å². The van der Waals surface area contributed by atoms with Gasteiger partial charge in [0.1, 0.15) is 30.5 Å². The van der Waals surface area contributed by atoms with Crippen LogP contribution < -0.4 is 15.8 Å². The summed E-state index contributed by atoms with van der Waals surface area (Å²) in [5.74, 6) is -1.68. The maximum Gasteiger partial charge on any atom is 0.417 e. The van der Waals surface area contributed by atoms with E-state index in [1.165, 1.54) is 24.5 Å². The fourth-order valence-corrected chi connectivity index (χ4v) is 4.71. The molecule has 3 atom stereocenters. The minimum atomic E-state index is -1.14. The molecule has 0 spiro atoms. The number of rotatable bonds is 9. The zero-order valence-electron chi connectivity index (χ0n) is 20.9. The number of aromatic amines is 1. The zero-order chi connectivity index (χ0) is 27.2. The van der Waals surface area contributed by atoms with Crippen molar-refractivity contribution in [1.29, 1.82) is 0 Å². The Bertz CT molecular complexity index is 1180. The first kappa shape index (κ1) is 26.6. The lowest BCUT2D eigenvalue weighted by atomic mass is 10.1. The molecule has 5 amide bonds. The number of methoxy groups -OCH3 is 1. The number of ether oxygens (including phenoxy) is 2. The Balaban J connectivity index is 1.45. The van der Waals surface area contributed by atoms with Gasteiger partial charge in [0.25, 0.3) is 0 Å². The Hall–Kier alpha value is -4.42. The molecule has 2 fully saturated rings. The second kappa shape index (κ2) is 11.8. The van der Waals surface area contributed by atoms with Crippen LogP contribution in [0.15, 0.2) is 36.8 Å². The second-order valence-corrected chi connectivity index (χ2v) is 9.16. The lowest BCUT2D eigenvalue weighted by Crippen LogP contribution is -2.57. The Morgan fingerprint density at radius 3 is 2.61 bits per heavy atom. The number of likely N-dealkylation sites (tertiary alicyclic amines) is 2. The Morgan fingerprint density at radius 1 is 1.18 bits per heavy atom. The minimum Gasteiger partial charge on any atom is -0.497 e. The molecule has 2 saturated heterocycles. The van der Waals surface area contributed by atoms with Crippen molar-refractivity contribution in [2.24, 2.45) is 5.73 Å². The first-order valence-electron chi connectivity index (χ1n) is 12.3. The van der Waals surface area contributed by atoms with Crippen molar-refractivity contribution < 1.29 is 33.4 Å². The van der Waals surface area contributed by atoms with Crippen LogP contribution in [0.3, 0.4) is 0 Å².